The number of benzene rings is 1. The third-order valence-corrected chi connectivity index (χ3v) is 3.33. The highest BCUT2D eigenvalue weighted by Crippen LogP contribution is 2.23. The fourth-order valence-electron chi connectivity index (χ4n) is 2.08. The second kappa shape index (κ2) is 7.18. The number of hydrogen-bond acceptors (Lipinski definition) is 7. The summed E-state index contributed by atoms with van der Waals surface area (Å²) < 4.78 is 5.58. The van der Waals surface area contributed by atoms with Crippen LogP contribution in [0.15, 0.2) is 81.9 Å². The lowest BCUT2D eigenvalue weighted by molar-refractivity contribution is -0.384. The molecule has 1 aromatic heterocycles. The van der Waals surface area contributed by atoms with Gasteiger partial charge in [0.05, 0.1) is 11.1 Å². The van der Waals surface area contributed by atoms with E-state index in [0.29, 0.717) is 22.7 Å². The molecule has 0 amide bonds. The Bertz CT molecular complexity index is 878. The highest BCUT2D eigenvalue weighted by molar-refractivity contribution is 5.77. The first-order valence-electron chi connectivity index (χ1n) is 7.28. The predicted octanol–water partition coefficient (Wildman–Crippen LogP) is 1.98. The molecule has 1 aromatic carbocycles. The second-order valence-corrected chi connectivity index (χ2v) is 4.99. The van der Waals surface area contributed by atoms with Crippen molar-refractivity contribution in [3.8, 4) is 11.3 Å². The van der Waals surface area contributed by atoms with Crippen molar-refractivity contribution in [2.75, 3.05) is 0 Å². The molecule has 0 fully saturated rings. The van der Waals surface area contributed by atoms with Gasteiger partial charge < -0.3 is 14.8 Å². The van der Waals surface area contributed by atoms with E-state index in [-0.39, 0.29) is 11.6 Å². The molecule has 8 heteroatoms. The quantitative estimate of drug-likeness (QED) is 0.373. The Morgan fingerprint density at radius 2 is 1.88 bits per heavy atom. The molecule has 2 N–H and O–H groups in total. The fourth-order valence-corrected chi connectivity index (χ4v) is 2.08. The Hall–Kier alpha value is -3.81. The number of allylic oxidation sites excluding steroid dienone is 3. The van der Waals surface area contributed by atoms with Crippen LogP contribution < -0.4 is 15.8 Å². The van der Waals surface area contributed by atoms with Crippen molar-refractivity contribution in [2.24, 2.45) is 5.10 Å². The minimum absolute atomic E-state index is 0.0123. The van der Waals surface area contributed by atoms with E-state index in [1.807, 2.05) is 0 Å². The van der Waals surface area contributed by atoms with Crippen molar-refractivity contribution in [3.05, 3.63) is 88.3 Å². The Morgan fingerprint density at radius 1 is 1.16 bits per heavy atom. The number of furan rings is 1. The molecule has 1 aliphatic heterocycles. The molecule has 2 aromatic rings. The van der Waals surface area contributed by atoms with Gasteiger partial charge in [0.2, 0.25) is 0 Å². The zero-order chi connectivity index (χ0) is 17.6. The molecule has 0 spiro atoms. The number of hydrazone groups is 1. The number of nitrogens with one attached hydrogen (secondary N) is 2. The van der Waals surface area contributed by atoms with Crippen LogP contribution in [0.25, 0.3) is 11.3 Å². The summed E-state index contributed by atoms with van der Waals surface area (Å²) in [5, 5.41) is 29.2. The number of nitrogens with zero attached hydrogens (tertiary/aromatic N) is 2. The Balaban J connectivity index is 1.67. The maximum Gasteiger partial charge on any atom is 0.269 e. The normalized spacial score (nSPS) is 13.0. The average Bonchev–Trinajstić information content (AvgIpc) is 3.11. The average molecular weight is 337 g/mol. The second-order valence-electron chi connectivity index (χ2n) is 4.99. The monoisotopic (exact) mass is 337 g/mol. The van der Waals surface area contributed by atoms with Gasteiger partial charge in [-0.3, -0.25) is 15.5 Å². The van der Waals surface area contributed by atoms with E-state index in [1.54, 1.807) is 48.8 Å². The van der Waals surface area contributed by atoms with Gasteiger partial charge in [-0.15, -0.1) is 0 Å². The van der Waals surface area contributed by atoms with Gasteiger partial charge in [-0.1, -0.05) is 0 Å². The molecule has 8 nitrogen and oxygen atoms in total. The van der Waals surface area contributed by atoms with E-state index in [2.05, 4.69) is 15.8 Å². The van der Waals surface area contributed by atoms with Gasteiger partial charge in [-0.25, -0.2) is 0 Å². The van der Waals surface area contributed by atoms with E-state index in [9.17, 15) is 15.2 Å². The number of rotatable bonds is 5. The molecular weight excluding hydrogens is 324 g/mol. The van der Waals surface area contributed by atoms with Crippen LogP contribution in [0.2, 0.25) is 0 Å². The van der Waals surface area contributed by atoms with Gasteiger partial charge in [0.25, 0.3) is 5.69 Å². The predicted molar refractivity (Wildman–Crippen MR) is 90.0 cm³/mol. The molecule has 25 heavy (non-hydrogen) atoms. The highest BCUT2D eigenvalue weighted by atomic mass is 16.6. The van der Waals surface area contributed by atoms with Gasteiger partial charge in [0.1, 0.15) is 11.5 Å². The smallest absolute Gasteiger partial charge is 0.269 e. The Kier molecular flexibility index (Phi) is 4.61. The summed E-state index contributed by atoms with van der Waals surface area (Å²) in [5.41, 5.74) is 3.59. The Morgan fingerprint density at radius 3 is 2.56 bits per heavy atom. The largest absolute Gasteiger partial charge is 0.859 e. The lowest BCUT2D eigenvalue weighted by Crippen LogP contribution is -2.21. The van der Waals surface area contributed by atoms with Crippen LogP contribution in [-0.4, -0.2) is 11.1 Å². The summed E-state index contributed by atoms with van der Waals surface area (Å²) in [6.07, 6.45) is 7.92. The van der Waals surface area contributed by atoms with Crippen LogP contribution in [0.1, 0.15) is 5.76 Å². The van der Waals surface area contributed by atoms with Gasteiger partial charge in [-0.2, -0.15) is 5.10 Å². The molecular formula is C17H13N4O4-. The summed E-state index contributed by atoms with van der Waals surface area (Å²) in [6.45, 7) is 0. The van der Waals surface area contributed by atoms with E-state index in [1.165, 1.54) is 18.3 Å². The molecule has 0 unspecified atom stereocenters. The molecule has 0 saturated heterocycles. The van der Waals surface area contributed by atoms with Gasteiger partial charge in [0, 0.05) is 30.1 Å². The zero-order valence-corrected chi connectivity index (χ0v) is 12.9. The first kappa shape index (κ1) is 16.1. The molecule has 0 atom stereocenters. The topological polar surface area (TPSA) is 116 Å². The summed E-state index contributed by atoms with van der Waals surface area (Å²) >= 11 is 0. The van der Waals surface area contributed by atoms with Gasteiger partial charge in [0.15, 0.2) is 0 Å². The van der Waals surface area contributed by atoms with Crippen LogP contribution in [-0.2, 0) is 0 Å². The molecule has 0 saturated carbocycles. The molecule has 126 valence electrons. The maximum absolute atomic E-state index is 11.8. The van der Waals surface area contributed by atoms with Crippen molar-refractivity contribution in [3.63, 3.8) is 0 Å². The van der Waals surface area contributed by atoms with Crippen LogP contribution >= 0.6 is 0 Å². The first-order valence-corrected chi connectivity index (χ1v) is 7.28. The third-order valence-electron chi connectivity index (χ3n) is 3.33. The lowest BCUT2D eigenvalue weighted by atomic mass is 10.1. The van der Waals surface area contributed by atoms with Crippen molar-refractivity contribution in [1.82, 2.24) is 10.7 Å². The number of hydrogen-bond donors (Lipinski definition) is 2. The number of dihydropyridines is 1. The number of nitro benzene ring substituents is 1. The van der Waals surface area contributed by atoms with E-state index >= 15 is 0 Å². The van der Waals surface area contributed by atoms with Gasteiger partial charge >= 0.3 is 0 Å². The van der Waals surface area contributed by atoms with Crippen LogP contribution in [0.3, 0.4) is 0 Å². The summed E-state index contributed by atoms with van der Waals surface area (Å²) in [5.74, 6) is 0.642. The standard InChI is InChI=1S/C17H14N4O4/c22-17(13-7-9-18-10-8-13)20-19-11-15-5-6-16(25-15)12-1-3-14(4-2-12)21(23)24/h1-11,18,20,22H/p-1. The van der Waals surface area contributed by atoms with E-state index < -0.39 is 4.92 Å². The molecule has 1 aliphatic rings. The summed E-state index contributed by atoms with van der Waals surface area (Å²) in [4.78, 5) is 10.2. The summed E-state index contributed by atoms with van der Waals surface area (Å²) in [7, 11) is 0. The van der Waals surface area contributed by atoms with Gasteiger partial charge in [-0.05, 0) is 47.9 Å². The van der Waals surface area contributed by atoms with Crippen LogP contribution in [0.4, 0.5) is 5.69 Å². The van der Waals surface area contributed by atoms with Crippen molar-refractivity contribution >= 4 is 11.9 Å². The fraction of sp³-hybridized carbons (Fsp3) is 0. The van der Waals surface area contributed by atoms with E-state index in [4.69, 9.17) is 4.42 Å². The Labute approximate surface area is 142 Å². The highest BCUT2D eigenvalue weighted by Gasteiger charge is 2.07. The number of nitro groups is 1. The van der Waals surface area contributed by atoms with Crippen molar-refractivity contribution in [1.29, 1.82) is 0 Å². The lowest BCUT2D eigenvalue weighted by Gasteiger charge is -2.15. The maximum atomic E-state index is 11.8. The van der Waals surface area contributed by atoms with Crippen molar-refractivity contribution < 1.29 is 14.4 Å². The third kappa shape index (κ3) is 3.94. The molecule has 3 rings (SSSR count). The van der Waals surface area contributed by atoms with E-state index in [0.717, 1.165) is 0 Å². The molecule has 0 radical (unpaired) electrons. The molecule has 2 heterocycles. The van der Waals surface area contributed by atoms with Crippen LogP contribution in [0.5, 0.6) is 0 Å². The number of non-ortho nitro benzene ring substituents is 1. The van der Waals surface area contributed by atoms with Crippen LogP contribution in [0, 0.1) is 10.1 Å². The minimum Gasteiger partial charge on any atom is -0.859 e. The summed E-state index contributed by atoms with van der Waals surface area (Å²) in [6, 6.07) is 9.42. The minimum atomic E-state index is -0.461. The molecule has 0 bridgehead atoms. The zero-order valence-electron chi connectivity index (χ0n) is 12.9. The molecule has 0 aliphatic carbocycles. The van der Waals surface area contributed by atoms with Crippen molar-refractivity contribution in [2.45, 2.75) is 0 Å². The first-order chi connectivity index (χ1) is 12.1. The SMILES string of the molecule is O=[N+]([O-])c1ccc(-c2ccc(C=NNC([O-])=C3C=CNC=C3)o2)cc1.